The van der Waals surface area contributed by atoms with Crippen LogP contribution in [0.5, 0.6) is 11.5 Å². The van der Waals surface area contributed by atoms with Crippen molar-refractivity contribution in [3.63, 3.8) is 0 Å². The lowest BCUT2D eigenvalue weighted by molar-refractivity contribution is 0.174. The fourth-order valence-corrected chi connectivity index (χ4v) is 2.77. The van der Waals surface area contributed by atoms with Crippen molar-refractivity contribution in [2.45, 2.75) is 26.4 Å². The zero-order valence-corrected chi connectivity index (χ0v) is 14.7. The SMILES string of the molecule is COCc1cc(-c2cc(COC)c(O)c(COC)c2)cc(CO)c1O. The number of aromatic hydroxyl groups is 2. The molecule has 0 spiro atoms. The van der Waals surface area contributed by atoms with Gasteiger partial charge in [0.15, 0.2) is 0 Å². The van der Waals surface area contributed by atoms with Crippen LogP contribution < -0.4 is 0 Å². The van der Waals surface area contributed by atoms with Crippen molar-refractivity contribution in [2.75, 3.05) is 21.3 Å². The van der Waals surface area contributed by atoms with Gasteiger partial charge in [0, 0.05) is 43.6 Å². The van der Waals surface area contributed by atoms with Gasteiger partial charge in [0.2, 0.25) is 0 Å². The molecule has 0 fully saturated rings. The van der Waals surface area contributed by atoms with Gasteiger partial charge in [-0.3, -0.25) is 0 Å². The number of phenols is 2. The lowest BCUT2D eigenvalue weighted by Gasteiger charge is -2.15. The van der Waals surface area contributed by atoms with Gasteiger partial charge in [-0.1, -0.05) is 0 Å². The number of ether oxygens (including phenoxy) is 3. The first-order valence-corrected chi connectivity index (χ1v) is 7.83. The van der Waals surface area contributed by atoms with Crippen LogP contribution in [0, 0.1) is 0 Å². The van der Waals surface area contributed by atoms with Crippen molar-refractivity contribution in [3.8, 4) is 22.6 Å². The predicted molar refractivity (Wildman–Crippen MR) is 93.3 cm³/mol. The fraction of sp³-hybridized carbons (Fsp3) is 0.368. The van der Waals surface area contributed by atoms with Crippen LogP contribution in [0.15, 0.2) is 24.3 Å². The number of methoxy groups -OCH3 is 3. The number of hydrogen-bond acceptors (Lipinski definition) is 6. The van der Waals surface area contributed by atoms with Crippen molar-refractivity contribution >= 4 is 0 Å². The zero-order chi connectivity index (χ0) is 18.4. The largest absolute Gasteiger partial charge is 0.507 e. The topological polar surface area (TPSA) is 88.4 Å². The van der Waals surface area contributed by atoms with E-state index >= 15 is 0 Å². The van der Waals surface area contributed by atoms with Gasteiger partial charge >= 0.3 is 0 Å². The molecule has 2 aromatic carbocycles. The first kappa shape index (κ1) is 19.2. The Hall–Kier alpha value is -2.12. The van der Waals surface area contributed by atoms with Gasteiger partial charge < -0.3 is 29.5 Å². The summed E-state index contributed by atoms with van der Waals surface area (Å²) < 4.78 is 15.4. The van der Waals surface area contributed by atoms with E-state index in [1.807, 2.05) is 12.1 Å². The lowest BCUT2D eigenvalue weighted by atomic mass is 9.95. The molecule has 0 atom stereocenters. The number of benzene rings is 2. The van der Waals surface area contributed by atoms with E-state index in [0.29, 0.717) is 22.3 Å². The highest BCUT2D eigenvalue weighted by molar-refractivity contribution is 5.70. The van der Waals surface area contributed by atoms with Gasteiger partial charge in [-0.2, -0.15) is 0 Å². The monoisotopic (exact) mass is 348 g/mol. The van der Waals surface area contributed by atoms with Crippen LogP contribution in [0.1, 0.15) is 22.3 Å². The summed E-state index contributed by atoms with van der Waals surface area (Å²) in [4.78, 5) is 0. The molecule has 136 valence electrons. The van der Waals surface area contributed by atoms with Gasteiger partial charge in [0.05, 0.1) is 26.4 Å². The highest BCUT2D eigenvalue weighted by Gasteiger charge is 2.15. The van der Waals surface area contributed by atoms with E-state index in [9.17, 15) is 15.3 Å². The summed E-state index contributed by atoms with van der Waals surface area (Å²) in [6.07, 6.45) is 0. The van der Waals surface area contributed by atoms with E-state index in [4.69, 9.17) is 14.2 Å². The maximum absolute atomic E-state index is 10.3. The first-order valence-electron chi connectivity index (χ1n) is 7.83. The third kappa shape index (κ3) is 4.29. The molecule has 0 bridgehead atoms. The van der Waals surface area contributed by atoms with E-state index in [1.54, 1.807) is 33.5 Å². The van der Waals surface area contributed by atoms with Gasteiger partial charge in [0.25, 0.3) is 0 Å². The van der Waals surface area contributed by atoms with Crippen molar-refractivity contribution in [1.82, 2.24) is 0 Å². The molecule has 0 saturated heterocycles. The molecule has 0 heterocycles. The number of rotatable bonds is 8. The van der Waals surface area contributed by atoms with E-state index in [-0.39, 0.29) is 37.9 Å². The Labute approximate surface area is 147 Å². The maximum atomic E-state index is 10.3. The molecule has 6 nitrogen and oxygen atoms in total. The van der Waals surface area contributed by atoms with Crippen LogP contribution >= 0.6 is 0 Å². The summed E-state index contributed by atoms with van der Waals surface area (Å²) in [5.74, 6) is 0.173. The van der Waals surface area contributed by atoms with Crippen LogP contribution in [0.3, 0.4) is 0 Å². The highest BCUT2D eigenvalue weighted by atomic mass is 16.5. The molecule has 3 N–H and O–H groups in total. The molecule has 6 heteroatoms. The van der Waals surface area contributed by atoms with Crippen LogP contribution in [0.25, 0.3) is 11.1 Å². The standard InChI is InChI=1S/C19H24O6/c1-23-9-15-5-12(4-14(8-20)18(15)21)13-6-16(10-24-2)19(22)17(7-13)11-25-3/h4-7,20-22H,8-11H2,1-3H3. The molecule has 0 aliphatic heterocycles. The van der Waals surface area contributed by atoms with Gasteiger partial charge in [-0.05, 0) is 35.4 Å². The molecule has 0 radical (unpaired) electrons. The smallest absolute Gasteiger partial charge is 0.126 e. The highest BCUT2D eigenvalue weighted by Crippen LogP contribution is 2.35. The average Bonchev–Trinajstić information content (AvgIpc) is 2.60. The zero-order valence-electron chi connectivity index (χ0n) is 14.7. The Morgan fingerprint density at radius 3 is 1.28 bits per heavy atom. The number of aliphatic hydroxyl groups excluding tert-OH is 1. The first-order chi connectivity index (χ1) is 12.0. The Morgan fingerprint density at radius 2 is 0.960 bits per heavy atom. The summed E-state index contributed by atoms with van der Waals surface area (Å²) >= 11 is 0. The van der Waals surface area contributed by atoms with Crippen LogP contribution in [-0.2, 0) is 40.6 Å². The normalized spacial score (nSPS) is 11.0. The summed E-state index contributed by atoms with van der Waals surface area (Å²) in [5.41, 5.74) is 3.89. The molecule has 25 heavy (non-hydrogen) atoms. The number of phenolic OH excluding ortho intramolecular Hbond substituents is 1. The molecule has 0 aliphatic carbocycles. The van der Waals surface area contributed by atoms with Crippen molar-refractivity contribution in [3.05, 3.63) is 46.5 Å². The van der Waals surface area contributed by atoms with E-state index in [0.717, 1.165) is 11.1 Å². The quantitative estimate of drug-likeness (QED) is 0.680. The van der Waals surface area contributed by atoms with Gasteiger partial charge in [-0.25, -0.2) is 0 Å². The minimum atomic E-state index is -0.287. The van der Waals surface area contributed by atoms with Crippen LogP contribution in [-0.4, -0.2) is 36.6 Å². The lowest BCUT2D eigenvalue weighted by Crippen LogP contribution is -1.98. The van der Waals surface area contributed by atoms with Crippen LogP contribution in [0.4, 0.5) is 0 Å². The summed E-state index contributed by atoms with van der Waals surface area (Å²) in [6.45, 7) is 0.448. The molecule has 2 aromatic rings. The third-order valence-electron chi connectivity index (χ3n) is 3.94. The molecule has 0 saturated carbocycles. The molecular weight excluding hydrogens is 324 g/mol. The summed E-state index contributed by atoms with van der Waals surface area (Å²) in [7, 11) is 4.66. The minimum absolute atomic E-state index is 0.0288. The molecule has 0 amide bonds. The predicted octanol–water partition coefficient (Wildman–Crippen LogP) is 2.70. The third-order valence-corrected chi connectivity index (χ3v) is 3.94. The van der Waals surface area contributed by atoms with Crippen molar-refractivity contribution in [1.29, 1.82) is 0 Å². The molecule has 0 aliphatic rings. The van der Waals surface area contributed by atoms with Gasteiger partial charge in [-0.15, -0.1) is 0 Å². The Balaban J connectivity index is 2.61. The number of hydrogen-bond donors (Lipinski definition) is 3. The summed E-state index contributed by atoms with van der Waals surface area (Å²) in [5, 5.41) is 30.1. The average molecular weight is 348 g/mol. The molecule has 0 aromatic heterocycles. The minimum Gasteiger partial charge on any atom is -0.507 e. The maximum Gasteiger partial charge on any atom is 0.126 e. The molecule has 2 rings (SSSR count). The van der Waals surface area contributed by atoms with E-state index in [1.165, 1.54) is 0 Å². The van der Waals surface area contributed by atoms with E-state index in [2.05, 4.69) is 0 Å². The van der Waals surface area contributed by atoms with E-state index < -0.39 is 0 Å². The van der Waals surface area contributed by atoms with Crippen molar-refractivity contribution in [2.24, 2.45) is 0 Å². The second-order valence-electron chi connectivity index (χ2n) is 5.74. The Kier molecular flexibility index (Phi) is 6.78. The second-order valence-corrected chi connectivity index (χ2v) is 5.74. The van der Waals surface area contributed by atoms with Crippen LogP contribution in [0.2, 0.25) is 0 Å². The fourth-order valence-electron chi connectivity index (χ4n) is 2.77. The second kappa shape index (κ2) is 8.82. The number of aliphatic hydroxyl groups is 1. The summed E-state index contributed by atoms with van der Waals surface area (Å²) in [6, 6.07) is 7.16. The van der Waals surface area contributed by atoms with Crippen molar-refractivity contribution < 1.29 is 29.5 Å². The Bertz CT molecular complexity index is 699. The molecule has 0 unspecified atom stereocenters. The van der Waals surface area contributed by atoms with Gasteiger partial charge in [0.1, 0.15) is 11.5 Å². The Morgan fingerprint density at radius 1 is 0.640 bits per heavy atom. The molecular formula is C19H24O6.